The fourth-order valence-electron chi connectivity index (χ4n) is 1.86. The van der Waals surface area contributed by atoms with Crippen LogP contribution in [0.15, 0.2) is 30.5 Å². The number of nitrogens with one attached hydrogen (secondary N) is 1. The molecule has 1 amide bonds. The highest BCUT2D eigenvalue weighted by Crippen LogP contribution is 2.26. The molecule has 1 heterocycles. The van der Waals surface area contributed by atoms with Crippen LogP contribution in [0.25, 0.3) is 10.9 Å². The van der Waals surface area contributed by atoms with Crippen molar-refractivity contribution in [2.45, 2.75) is 13.0 Å². The van der Waals surface area contributed by atoms with Gasteiger partial charge in [0.15, 0.2) is 0 Å². The molecule has 0 spiro atoms. The first-order chi connectivity index (χ1) is 8.63. The molecule has 2 aromatic rings. The maximum atomic E-state index is 11.1. The van der Waals surface area contributed by atoms with Gasteiger partial charge in [0.2, 0.25) is 5.91 Å². The number of aryl methyl sites for hydroxylation is 1. The molecule has 1 aromatic heterocycles. The van der Waals surface area contributed by atoms with Gasteiger partial charge in [0, 0.05) is 25.2 Å². The summed E-state index contributed by atoms with van der Waals surface area (Å²) in [5.74, 6) is 4.71. The first kappa shape index (κ1) is 12.1. The van der Waals surface area contributed by atoms with Gasteiger partial charge in [-0.15, -0.1) is 0 Å². The highest BCUT2D eigenvalue weighted by molar-refractivity contribution is 5.89. The van der Waals surface area contributed by atoms with Crippen LogP contribution in [0.5, 0.6) is 0 Å². The summed E-state index contributed by atoms with van der Waals surface area (Å²) >= 11 is 0. The highest BCUT2D eigenvalue weighted by Gasteiger charge is 2.13. The summed E-state index contributed by atoms with van der Waals surface area (Å²) in [6.07, 6.45) is 1.95. The molecule has 0 radical (unpaired) electrons. The Balaban J connectivity index is 2.34. The summed E-state index contributed by atoms with van der Waals surface area (Å²) in [5.41, 5.74) is 2.84. The van der Waals surface area contributed by atoms with Crippen LogP contribution in [0, 0.1) is 10.1 Å². The summed E-state index contributed by atoms with van der Waals surface area (Å²) in [7, 11) is 0. The Morgan fingerprint density at radius 1 is 1.44 bits per heavy atom. The zero-order valence-corrected chi connectivity index (χ0v) is 9.50. The predicted octanol–water partition coefficient (Wildman–Crippen LogP) is 0.930. The van der Waals surface area contributed by atoms with Crippen LogP contribution >= 0.6 is 0 Å². The van der Waals surface area contributed by atoms with Crippen molar-refractivity contribution in [1.82, 2.24) is 9.99 Å². The molecule has 0 fully saturated rings. The topological polar surface area (TPSA) is 103 Å². The van der Waals surface area contributed by atoms with E-state index in [1.54, 1.807) is 29.0 Å². The van der Waals surface area contributed by atoms with Gasteiger partial charge in [0.1, 0.15) is 0 Å². The monoisotopic (exact) mass is 248 g/mol. The van der Waals surface area contributed by atoms with Crippen molar-refractivity contribution in [1.29, 1.82) is 0 Å². The van der Waals surface area contributed by atoms with E-state index >= 15 is 0 Å². The first-order valence-electron chi connectivity index (χ1n) is 5.35. The van der Waals surface area contributed by atoms with Gasteiger partial charge in [-0.1, -0.05) is 6.07 Å². The van der Waals surface area contributed by atoms with E-state index in [1.165, 1.54) is 6.07 Å². The average Bonchev–Trinajstić information content (AvgIpc) is 2.78. The fraction of sp³-hybridized carbons (Fsp3) is 0.182. The van der Waals surface area contributed by atoms with Crippen LogP contribution in [0.1, 0.15) is 6.42 Å². The number of hydrogen-bond donors (Lipinski definition) is 2. The Labute approximate surface area is 102 Å². The van der Waals surface area contributed by atoms with Crippen LogP contribution < -0.4 is 11.3 Å². The lowest BCUT2D eigenvalue weighted by molar-refractivity contribution is -0.383. The molecule has 0 atom stereocenters. The summed E-state index contributed by atoms with van der Waals surface area (Å²) in [4.78, 5) is 21.5. The lowest BCUT2D eigenvalue weighted by atomic mass is 10.2. The smallest absolute Gasteiger partial charge is 0.278 e. The number of non-ortho nitro benzene ring substituents is 1. The minimum atomic E-state index is -0.417. The van der Waals surface area contributed by atoms with Crippen molar-refractivity contribution in [3.05, 3.63) is 40.6 Å². The molecule has 18 heavy (non-hydrogen) atoms. The number of carbonyl (C=O) groups is 1. The molecule has 7 heteroatoms. The quantitative estimate of drug-likeness (QED) is 0.363. The van der Waals surface area contributed by atoms with Gasteiger partial charge in [-0.25, -0.2) is 5.84 Å². The number of hydrazine groups is 1. The van der Waals surface area contributed by atoms with Crippen LogP contribution in [-0.2, 0) is 11.3 Å². The molecule has 1 aromatic carbocycles. The van der Waals surface area contributed by atoms with E-state index in [0.29, 0.717) is 11.9 Å². The van der Waals surface area contributed by atoms with E-state index in [9.17, 15) is 14.9 Å². The maximum absolute atomic E-state index is 11.1. The van der Waals surface area contributed by atoms with Crippen molar-refractivity contribution >= 4 is 22.5 Å². The first-order valence-corrected chi connectivity index (χ1v) is 5.35. The molecular weight excluding hydrogens is 236 g/mol. The number of nitro benzene ring substituents is 1. The third-order valence-corrected chi connectivity index (χ3v) is 2.73. The summed E-state index contributed by atoms with van der Waals surface area (Å²) < 4.78 is 1.79. The van der Waals surface area contributed by atoms with Crippen molar-refractivity contribution in [2.24, 2.45) is 5.84 Å². The number of nitrogens with zero attached hydrogens (tertiary/aromatic N) is 2. The van der Waals surface area contributed by atoms with Gasteiger partial charge in [-0.05, 0) is 12.1 Å². The van der Waals surface area contributed by atoms with Crippen LogP contribution in [-0.4, -0.2) is 15.4 Å². The van der Waals surface area contributed by atoms with Gasteiger partial charge < -0.3 is 4.57 Å². The van der Waals surface area contributed by atoms with Crippen molar-refractivity contribution in [3.8, 4) is 0 Å². The zero-order valence-electron chi connectivity index (χ0n) is 9.50. The van der Waals surface area contributed by atoms with Gasteiger partial charge in [0.25, 0.3) is 5.69 Å². The third-order valence-electron chi connectivity index (χ3n) is 2.73. The minimum Gasteiger partial charge on any atom is -0.347 e. The number of carbonyl (C=O) groups excluding carboxylic acids is 1. The Hall–Kier alpha value is -2.41. The zero-order chi connectivity index (χ0) is 13.1. The molecule has 0 aliphatic rings. The molecule has 94 valence electrons. The molecule has 0 saturated heterocycles. The van der Waals surface area contributed by atoms with E-state index in [0.717, 1.165) is 5.52 Å². The van der Waals surface area contributed by atoms with Gasteiger partial charge >= 0.3 is 0 Å². The SMILES string of the molecule is NNC(=O)CCn1ccc2c([N+](=O)[O-])cccc21. The number of nitrogens with two attached hydrogens (primary N) is 1. The molecule has 0 aliphatic heterocycles. The number of rotatable bonds is 4. The summed E-state index contributed by atoms with van der Waals surface area (Å²) in [6, 6.07) is 6.54. The van der Waals surface area contributed by atoms with E-state index in [1.807, 2.05) is 5.43 Å². The van der Waals surface area contributed by atoms with E-state index in [2.05, 4.69) is 0 Å². The molecular formula is C11H12N4O3. The van der Waals surface area contributed by atoms with Gasteiger partial charge in [-0.3, -0.25) is 20.3 Å². The Morgan fingerprint density at radius 3 is 2.89 bits per heavy atom. The summed E-state index contributed by atoms with van der Waals surface area (Å²) in [6.45, 7) is 0.424. The Morgan fingerprint density at radius 2 is 2.22 bits per heavy atom. The molecule has 3 N–H and O–H groups in total. The predicted molar refractivity (Wildman–Crippen MR) is 65.5 cm³/mol. The largest absolute Gasteiger partial charge is 0.347 e. The van der Waals surface area contributed by atoms with E-state index < -0.39 is 4.92 Å². The number of aromatic nitrogens is 1. The van der Waals surface area contributed by atoms with Crippen molar-refractivity contribution < 1.29 is 9.72 Å². The van der Waals surface area contributed by atoms with Gasteiger partial charge in [-0.2, -0.15) is 0 Å². The fourth-order valence-corrected chi connectivity index (χ4v) is 1.86. The molecule has 2 rings (SSSR count). The summed E-state index contributed by atoms with van der Waals surface area (Å²) in [5, 5.41) is 11.4. The third kappa shape index (κ3) is 2.16. The standard InChI is InChI=1S/C11H12N4O3/c12-13-11(16)5-7-14-6-4-8-9(14)2-1-3-10(8)15(17)18/h1-4,6H,5,7,12H2,(H,13,16). The van der Waals surface area contributed by atoms with Crippen LogP contribution in [0.4, 0.5) is 5.69 Å². The van der Waals surface area contributed by atoms with Crippen molar-refractivity contribution in [3.63, 3.8) is 0 Å². The maximum Gasteiger partial charge on any atom is 0.278 e. The lowest BCUT2D eigenvalue weighted by Crippen LogP contribution is -2.30. The van der Waals surface area contributed by atoms with E-state index in [-0.39, 0.29) is 18.0 Å². The van der Waals surface area contributed by atoms with Gasteiger partial charge in [0.05, 0.1) is 15.8 Å². The number of hydrogen-bond acceptors (Lipinski definition) is 4. The van der Waals surface area contributed by atoms with Crippen LogP contribution in [0.3, 0.4) is 0 Å². The lowest BCUT2D eigenvalue weighted by Gasteiger charge is -2.04. The Kier molecular flexibility index (Phi) is 3.24. The molecule has 0 bridgehead atoms. The Bertz CT molecular complexity index is 605. The number of amides is 1. The normalized spacial score (nSPS) is 10.5. The second kappa shape index (κ2) is 4.84. The number of nitro groups is 1. The second-order valence-corrected chi connectivity index (χ2v) is 3.79. The molecule has 7 nitrogen and oxygen atoms in total. The van der Waals surface area contributed by atoms with E-state index in [4.69, 9.17) is 5.84 Å². The van der Waals surface area contributed by atoms with Crippen LogP contribution in [0.2, 0.25) is 0 Å². The molecule has 0 unspecified atom stereocenters. The minimum absolute atomic E-state index is 0.0644. The number of benzene rings is 1. The number of fused-ring (bicyclic) bond motifs is 1. The molecule has 0 aliphatic carbocycles. The second-order valence-electron chi connectivity index (χ2n) is 3.79. The van der Waals surface area contributed by atoms with Crippen molar-refractivity contribution in [2.75, 3.05) is 0 Å². The molecule has 0 saturated carbocycles. The highest BCUT2D eigenvalue weighted by atomic mass is 16.6. The average molecular weight is 248 g/mol.